The number of aromatic hydroxyl groups is 2. The van der Waals surface area contributed by atoms with Crippen LogP contribution in [-0.4, -0.2) is 40.4 Å². The zero-order chi connectivity index (χ0) is 16.6. The summed E-state index contributed by atoms with van der Waals surface area (Å²) in [5, 5.41) is 27.6. The Balaban J connectivity index is 0.000000485. The van der Waals surface area contributed by atoms with Gasteiger partial charge in [-0.2, -0.15) is 0 Å². The van der Waals surface area contributed by atoms with Gasteiger partial charge in [0.1, 0.15) is 0 Å². The lowest BCUT2D eigenvalue weighted by Crippen LogP contribution is -2.35. The van der Waals surface area contributed by atoms with Gasteiger partial charge in [-0.25, -0.2) is 0 Å². The van der Waals surface area contributed by atoms with Crippen LogP contribution in [0.4, 0.5) is 0 Å². The lowest BCUT2D eigenvalue weighted by atomic mass is 9.77. The van der Waals surface area contributed by atoms with Crippen LogP contribution in [0.1, 0.15) is 29.7 Å². The fourth-order valence-electron chi connectivity index (χ4n) is 3.67. The van der Waals surface area contributed by atoms with Gasteiger partial charge < -0.3 is 15.3 Å². The molecule has 1 aliphatic carbocycles. The molecular formula is C19H23NO3. The van der Waals surface area contributed by atoms with Crippen molar-refractivity contribution in [1.82, 2.24) is 4.90 Å². The molecule has 0 unspecified atom stereocenters. The second kappa shape index (κ2) is 6.22. The minimum atomic E-state index is -0.0380. The van der Waals surface area contributed by atoms with Gasteiger partial charge in [0.2, 0.25) is 0 Å². The third-order valence-electron chi connectivity index (χ3n) is 4.72. The van der Waals surface area contributed by atoms with Crippen LogP contribution in [-0.2, 0) is 12.8 Å². The number of aliphatic hydroxyl groups is 1. The number of likely N-dealkylation sites (N-methyl/N-ethyl adjacent to an activating group) is 1. The van der Waals surface area contributed by atoms with Crippen molar-refractivity contribution in [2.75, 3.05) is 20.2 Å². The Morgan fingerprint density at radius 3 is 2.61 bits per heavy atom. The van der Waals surface area contributed by atoms with Crippen LogP contribution in [0.25, 0.3) is 11.1 Å². The Morgan fingerprint density at radius 1 is 1.13 bits per heavy atom. The molecule has 122 valence electrons. The van der Waals surface area contributed by atoms with Crippen molar-refractivity contribution in [2.45, 2.75) is 25.8 Å². The lowest BCUT2D eigenvalue weighted by molar-refractivity contribution is 0.228. The van der Waals surface area contributed by atoms with E-state index in [1.54, 1.807) is 13.0 Å². The Morgan fingerprint density at radius 2 is 1.87 bits per heavy atom. The lowest BCUT2D eigenvalue weighted by Gasteiger charge is -2.39. The van der Waals surface area contributed by atoms with Gasteiger partial charge >= 0.3 is 0 Å². The number of rotatable bonds is 0. The van der Waals surface area contributed by atoms with Crippen molar-refractivity contribution >= 4 is 0 Å². The molecule has 0 radical (unpaired) electrons. The van der Waals surface area contributed by atoms with Crippen LogP contribution >= 0.6 is 0 Å². The van der Waals surface area contributed by atoms with Crippen LogP contribution in [0.15, 0.2) is 30.3 Å². The molecule has 1 aliphatic heterocycles. The minimum Gasteiger partial charge on any atom is -0.504 e. The molecular weight excluding hydrogens is 290 g/mol. The number of hydrogen-bond acceptors (Lipinski definition) is 4. The number of nitrogens with zero attached hydrogens (tertiary/aromatic N) is 1. The Labute approximate surface area is 136 Å². The maximum Gasteiger partial charge on any atom is 0.165 e. The summed E-state index contributed by atoms with van der Waals surface area (Å²) < 4.78 is 0. The van der Waals surface area contributed by atoms with Crippen LogP contribution in [0, 0.1) is 0 Å². The summed E-state index contributed by atoms with van der Waals surface area (Å²) in [6.07, 6.45) is 1.94. The van der Waals surface area contributed by atoms with Crippen molar-refractivity contribution in [3.63, 3.8) is 0 Å². The second-order valence-corrected chi connectivity index (χ2v) is 6.11. The molecule has 4 rings (SSSR count). The van der Waals surface area contributed by atoms with Crippen molar-refractivity contribution in [3.05, 3.63) is 47.0 Å². The van der Waals surface area contributed by atoms with Gasteiger partial charge in [-0.3, -0.25) is 4.90 Å². The number of fused-ring (bicyclic) bond motifs is 2. The summed E-state index contributed by atoms with van der Waals surface area (Å²) in [5.74, 6) is -0.0217. The van der Waals surface area contributed by atoms with E-state index in [-0.39, 0.29) is 18.1 Å². The van der Waals surface area contributed by atoms with Gasteiger partial charge in [0.15, 0.2) is 11.5 Å². The molecule has 23 heavy (non-hydrogen) atoms. The SMILES string of the molecule is CCO.CN1CCc2cccc3c2[C@H]1Cc1ccc(O)c(O)c1-3. The van der Waals surface area contributed by atoms with Gasteiger partial charge in [-0.05, 0) is 55.1 Å². The highest BCUT2D eigenvalue weighted by molar-refractivity contribution is 5.82. The Hall–Kier alpha value is -2.04. The fraction of sp³-hybridized carbons (Fsp3) is 0.368. The molecule has 4 nitrogen and oxygen atoms in total. The minimum absolute atomic E-state index is 0.0163. The number of aliphatic hydroxyl groups excluding tert-OH is 1. The highest BCUT2D eigenvalue weighted by Crippen LogP contribution is 2.49. The van der Waals surface area contributed by atoms with E-state index in [9.17, 15) is 10.2 Å². The predicted octanol–water partition coefficient (Wildman–Crippen LogP) is 2.85. The van der Waals surface area contributed by atoms with Crippen LogP contribution in [0.5, 0.6) is 11.5 Å². The number of benzene rings is 2. The van der Waals surface area contributed by atoms with E-state index in [0.717, 1.165) is 36.1 Å². The molecule has 2 aromatic rings. The van der Waals surface area contributed by atoms with E-state index in [0.29, 0.717) is 6.04 Å². The summed E-state index contributed by atoms with van der Waals surface area (Å²) in [6, 6.07) is 10.2. The summed E-state index contributed by atoms with van der Waals surface area (Å²) >= 11 is 0. The molecule has 1 heterocycles. The topological polar surface area (TPSA) is 63.9 Å². The molecule has 1 atom stereocenters. The van der Waals surface area contributed by atoms with Crippen molar-refractivity contribution < 1.29 is 15.3 Å². The predicted molar refractivity (Wildman–Crippen MR) is 90.7 cm³/mol. The second-order valence-electron chi connectivity index (χ2n) is 6.11. The quantitative estimate of drug-likeness (QED) is 0.655. The van der Waals surface area contributed by atoms with E-state index < -0.39 is 0 Å². The average molecular weight is 313 g/mol. The third-order valence-corrected chi connectivity index (χ3v) is 4.72. The van der Waals surface area contributed by atoms with Crippen LogP contribution < -0.4 is 0 Å². The largest absolute Gasteiger partial charge is 0.504 e. The first kappa shape index (κ1) is 15.8. The van der Waals surface area contributed by atoms with Gasteiger partial charge in [0, 0.05) is 24.8 Å². The molecule has 0 aromatic heterocycles. The zero-order valence-electron chi connectivity index (χ0n) is 13.6. The number of phenols is 2. The first-order valence-electron chi connectivity index (χ1n) is 8.05. The first-order chi connectivity index (χ1) is 11.1. The zero-order valence-corrected chi connectivity index (χ0v) is 13.6. The standard InChI is InChI=1S/C17H17NO2.C2H6O/c1-18-8-7-10-3-2-4-12-15(10)13(18)9-11-5-6-14(19)17(20)16(11)12;1-2-3/h2-6,13,19-20H,7-9H2,1H3;3H,2H2,1H3/t13-;/m1./s1. The summed E-state index contributed by atoms with van der Waals surface area (Å²) in [5.41, 5.74) is 5.71. The Bertz CT molecular complexity index is 727. The summed E-state index contributed by atoms with van der Waals surface area (Å²) in [7, 11) is 2.16. The van der Waals surface area contributed by atoms with Gasteiger partial charge in [-0.1, -0.05) is 24.3 Å². The van der Waals surface area contributed by atoms with E-state index in [2.05, 4.69) is 30.1 Å². The van der Waals surface area contributed by atoms with Crippen molar-refractivity contribution in [1.29, 1.82) is 0 Å². The van der Waals surface area contributed by atoms with E-state index in [1.165, 1.54) is 11.1 Å². The molecule has 3 N–H and O–H groups in total. The smallest absolute Gasteiger partial charge is 0.165 e. The molecule has 0 spiro atoms. The molecule has 2 aliphatic rings. The summed E-state index contributed by atoms with van der Waals surface area (Å²) in [4.78, 5) is 2.39. The monoisotopic (exact) mass is 313 g/mol. The highest BCUT2D eigenvalue weighted by atomic mass is 16.3. The molecule has 0 fully saturated rings. The van der Waals surface area contributed by atoms with Gasteiger partial charge in [-0.15, -0.1) is 0 Å². The van der Waals surface area contributed by atoms with E-state index >= 15 is 0 Å². The van der Waals surface area contributed by atoms with Crippen molar-refractivity contribution in [2.24, 2.45) is 0 Å². The molecule has 0 saturated heterocycles. The molecule has 2 aromatic carbocycles. The first-order valence-corrected chi connectivity index (χ1v) is 8.05. The summed E-state index contributed by atoms with van der Waals surface area (Å²) in [6.45, 7) is 3.00. The van der Waals surface area contributed by atoms with Gasteiger partial charge in [0.05, 0.1) is 0 Å². The maximum atomic E-state index is 10.3. The molecule has 0 saturated carbocycles. The fourth-order valence-corrected chi connectivity index (χ4v) is 3.67. The van der Waals surface area contributed by atoms with E-state index in [4.69, 9.17) is 5.11 Å². The normalized spacial score (nSPS) is 18.5. The number of phenolic OH excluding ortho intramolecular Hbond substituents is 2. The highest BCUT2D eigenvalue weighted by Gasteiger charge is 2.33. The number of hydrogen-bond donors (Lipinski definition) is 3. The van der Waals surface area contributed by atoms with Crippen LogP contribution in [0.2, 0.25) is 0 Å². The molecule has 0 amide bonds. The van der Waals surface area contributed by atoms with Crippen molar-refractivity contribution in [3.8, 4) is 22.6 Å². The van der Waals surface area contributed by atoms with E-state index in [1.807, 2.05) is 6.07 Å². The molecule has 4 heteroatoms. The average Bonchev–Trinajstić information content (AvgIpc) is 2.55. The van der Waals surface area contributed by atoms with Gasteiger partial charge in [0.25, 0.3) is 0 Å². The maximum absolute atomic E-state index is 10.3. The molecule has 0 bridgehead atoms. The Kier molecular flexibility index (Phi) is 4.28. The van der Waals surface area contributed by atoms with Crippen LogP contribution in [0.3, 0.4) is 0 Å². The third kappa shape index (κ3) is 2.58.